The van der Waals surface area contributed by atoms with Gasteiger partial charge in [-0.25, -0.2) is 0 Å². The first-order valence-corrected chi connectivity index (χ1v) is 10.5. The minimum Gasteiger partial charge on any atom is -0.336 e. The van der Waals surface area contributed by atoms with E-state index in [1.54, 1.807) is 29.1 Å². The van der Waals surface area contributed by atoms with Crippen molar-refractivity contribution in [2.75, 3.05) is 26.2 Å². The summed E-state index contributed by atoms with van der Waals surface area (Å²) in [4.78, 5) is 31.3. The van der Waals surface area contributed by atoms with Gasteiger partial charge in [0.25, 0.3) is 11.5 Å². The van der Waals surface area contributed by atoms with Gasteiger partial charge in [-0.05, 0) is 25.8 Å². The van der Waals surface area contributed by atoms with Gasteiger partial charge in [-0.15, -0.1) is 11.3 Å². The van der Waals surface area contributed by atoms with Gasteiger partial charge in [0.15, 0.2) is 0 Å². The van der Waals surface area contributed by atoms with Crippen LogP contribution in [0.15, 0.2) is 17.1 Å². The molecule has 3 heterocycles. The molecule has 1 saturated heterocycles. The topological polar surface area (TPSA) is 45.6 Å². The molecule has 2 aromatic heterocycles. The lowest BCUT2D eigenvalue weighted by Gasteiger charge is -2.40. The molecular formula is C20H27N3O2S. The second-order valence-corrected chi connectivity index (χ2v) is 8.88. The van der Waals surface area contributed by atoms with E-state index >= 15 is 0 Å². The number of aryl methyl sites for hydroxylation is 2. The summed E-state index contributed by atoms with van der Waals surface area (Å²) in [6.45, 7) is 5.39. The van der Waals surface area contributed by atoms with E-state index in [1.807, 2.05) is 17.9 Å². The summed E-state index contributed by atoms with van der Waals surface area (Å²) in [6.07, 6.45) is 8.43. The Morgan fingerprint density at radius 1 is 1.12 bits per heavy atom. The molecule has 4 rings (SSSR count). The summed E-state index contributed by atoms with van der Waals surface area (Å²) >= 11 is 1.55. The fourth-order valence-electron chi connectivity index (χ4n) is 4.47. The summed E-state index contributed by atoms with van der Waals surface area (Å²) in [5, 5.41) is 0.595. The van der Waals surface area contributed by atoms with Gasteiger partial charge in [0, 0.05) is 55.0 Å². The highest BCUT2D eigenvalue weighted by atomic mass is 32.1. The van der Waals surface area contributed by atoms with Crippen LogP contribution in [-0.2, 0) is 7.05 Å². The number of aromatic nitrogens is 1. The van der Waals surface area contributed by atoms with Crippen molar-refractivity contribution in [3.63, 3.8) is 0 Å². The number of hydrogen-bond acceptors (Lipinski definition) is 4. The van der Waals surface area contributed by atoms with Crippen LogP contribution in [0.3, 0.4) is 0 Å². The van der Waals surface area contributed by atoms with Crippen molar-refractivity contribution in [1.82, 2.24) is 14.4 Å². The maximum atomic E-state index is 13.2. The molecule has 0 aromatic carbocycles. The monoisotopic (exact) mass is 373 g/mol. The third-order valence-corrected chi connectivity index (χ3v) is 7.07. The standard InChI is InChI=1S/C20H27N3O2S/c1-14-17(18-16(26-14)8-9-21(2)19(18)24)20(25)23-12-10-22(11-13-23)15-6-4-3-5-7-15/h8-9,15H,3-7,10-13H2,1-2H3. The number of thiophene rings is 1. The largest absolute Gasteiger partial charge is 0.336 e. The molecule has 1 saturated carbocycles. The van der Waals surface area contributed by atoms with Crippen molar-refractivity contribution >= 4 is 27.3 Å². The number of piperazine rings is 1. The number of carbonyl (C=O) groups excluding carboxylic acids is 1. The number of hydrogen-bond donors (Lipinski definition) is 0. The minimum atomic E-state index is -0.0731. The Labute approximate surface area is 158 Å². The summed E-state index contributed by atoms with van der Waals surface area (Å²) in [6, 6.07) is 2.64. The molecule has 0 radical (unpaired) electrons. The molecule has 1 aliphatic carbocycles. The first-order chi connectivity index (χ1) is 12.6. The number of carbonyl (C=O) groups is 1. The van der Waals surface area contributed by atoms with E-state index in [2.05, 4.69) is 4.90 Å². The van der Waals surface area contributed by atoms with E-state index in [0.29, 0.717) is 17.0 Å². The van der Waals surface area contributed by atoms with E-state index in [9.17, 15) is 9.59 Å². The Balaban J connectivity index is 1.54. The molecule has 140 valence electrons. The van der Waals surface area contributed by atoms with Crippen molar-refractivity contribution in [1.29, 1.82) is 0 Å². The second-order valence-electron chi connectivity index (χ2n) is 7.62. The van der Waals surface area contributed by atoms with Crippen LogP contribution in [0.5, 0.6) is 0 Å². The van der Waals surface area contributed by atoms with Gasteiger partial charge in [0.2, 0.25) is 0 Å². The van der Waals surface area contributed by atoms with Gasteiger partial charge in [0.05, 0.1) is 10.9 Å². The molecule has 2 fully saturated rings. The van der Waals surface area contributed by atoms with Crippen LogP contribution in [0.25, 0.3) is 10.1 Å². The van der Waals surface area contributed by atoms with Crippen molar-refractivity contribution in [3.8, 4) is 0 Å². The first kappa shape index (κ1) is 17.7. The highest BCUT2D eigenvalue weighted by molar-refractivity contribution is 7.19. The summed E-state index contributed by atoms with van der Waals surface area (Å²) in [7, 11) is 1.74. The molecule has 0 N–H and O–H groups in total. The van der Waals surface area contributed by atoms with Gasteiger partial charge >= 0.3 is 0 Å². The fourth-order valence-corrected chi connectivity index (χ4v) is 5.51. The van der Waals surface area contributed by atoms with Gasteiger partial charge in [-0.3, -0.25) is 14.5 Å². The summed E-state index contributed by atoms with van der Waals surface area (Å²) < 4.78 is 2.47. The molecule has 0 spiro atoms. The van der Waals surface area contributed by atoms with Crippen molar-refractivity contribution in [3.05, 3.63) is 33.1 Å². The van der Waals surface area contributed by atoms with Crippen LogP contribution in [0, 0.1) is 6.92 Å². The van der Waals surface area contributed by atoms with Crippen LogP contribution in [-0.4, -0.2) is 52.5 Å². The molecule has 26 heavy (non-hydrogen) atoms. The Kier molecular flexibility index (Phi) is 4.88. The molecule has 1 aliphatic heterocycles. The fraction of sp³-hybridized carbons (Fsp3) is 0.600. The van der Waals surface area contributed by atoms with Gasteiger partial charge in [-0.1, -0.05) is 19.3 Å². The van der Waals surface area contributed by atoms with E-state index in [4.69, 9.17) is 0 Å². The predicted molar refractivity (Wildman–Crippen MR) is 106 cm³/mol. The molecule has 0 unspecified atom stereocenters. The molecule has 2 aromatic rings. The van der Waals surface area contributed by atoms with Crippen LogP contribution in [0.4, 0.5) is 0 Å². The maximum absolute atomic E-state index is 13.2. The normalized spacial score (nSPS) is 20.0. The Hall–Kier alpha value is -1.66. The lowest BCUT2D eigenvalue weighted by molar-refractivity contribution is 0.0524. The van der Waals surface area contributed by atoms with Crippen LogP contribution in [0.2, 0.25) is 0 Å². The third-order valence-electron chi connectivity index (χ3n) is 6.00. The number of fused-ring (bicyclic) bond motifs is 1. The average Bonchev–Trinajstić information content (AvgIpc) is 3.02. The zero-order valence-electron chi connectivity index (χ0n) is 15.7. The molecule has 1 amide bonds. The van der Waals surface area contributed by atoms with E-state index < -0.39 is 0 Å². The van der Waals surface area contributed by atoms with E-state index in [-0.39, 0.29) is 11.5 Å². The number of pyridine rings is 1. The van der Waals surface area contributed by atoms with Crippen molar-refractivity contribution < 1.29 is 4.79 Å². The Bertz CT molecular complexity index is 871. The van der Waals surface area contributed by atoms with Gasteiger partial charge in [0.1, 0.15) is 0 Å². The first-order valence-electron chi connectivity index (χ1n) is 9.68. The van der Waals surface area contributed by atoms with E-state index in [0.717, 1.165) is 35.8 Å². The molecule has 0 bridgehead atoms. The molecule has 5 nitrogen and oxygen atoms in total. The van der Waals surface area contributed by atoms with Crippen molar-refractivity contribution in [2.24, 2.45) is 7.05 Å². The highest BCUT2D eigenvalue weighted by Gasteiger charge is 2.30. The smallest absolute Gasteiger partial charge is 0.259 e. The summed E-state index contributed by atoms with van der Waals surface area (Å²) in [5.41, 5.74) is 0.549. The molecule has 6 heteroatoms. The Morgan fingerprint density at radius 3 is 2.50 bits per heavy atom. The minimum absolute atomic E-state index is 0.0281. The lowest BCUT2D eigenvalue weighted by Crippen LogP contribution is -2.52. The third kappa shape index (κ3) is 3.09. The zero-order chi connectivity index (χ0) is 18.3. The van der Waals surface area contributed by atoms with E-state index in [1.165, 1.54) is 32.1 Å². The maximum Gasteiger partial charge on any atom is 0.259 e. The molecular weight excluding hydrogens is 346 g/mol. The van der Waals surface area contributed by atoms with Gasteiger partial charge < -0.3 is 9.47 Å². The lowest BCUT2D eigenvalue weighted by atomic mass is 9.94. The molecule has 2 aliphatic rings. The number of amides is 1. The zero-order valence-corrected chi connectivity index (χ0v) is 16.5. The number of rotatable bonds is 2. The SMILES string of the molecule is Cc1sc2ccn(C)c(=O)c2c1C(=O)N1CCN(C2CCCCC2)CC1. The van der Waals surface area contributed by atoms with Crippen molar-refractivity contribution in [2.45, 2.75) is 45.1 Å². The Morgan fingerprint density at radius 2 is 1.81 bits per heavy atom. The van der Waals surface area contributed by atoms with Crippen LogP contribution >= 0.6 is 11.3 Å². The van der Waals surface area contributed by atoms with Crippen LogP contribution < -0.4 is 5.56 Å². The molecule has 0 atom stereocenters. The average molecular weight is 374 g/mol. The highest BCUT2D eigenvalue weighted by Crippen LogP contribution is 2.30. The van der Waals surface area contributed by atoms with Gasteiger partial charge in [-0.2, -0.15) is 0 Å². The van der Waals surface area contributed by atoms with Crippen LogP contribution in [0.1, 0.15) is 47.3 Å². The quantitative estimate of drug-likeness (QED) is 0.813. The predicted octanol–water partition coefficient (Wildman–Crippen LogP) is 3.00. The second kappa shape index (κ2) is 7.16. The number of nitrogens with zero attached hydrogens (tertiary/aromatic N) is 3. The summed E-state index contributed by atoms with van der Waals surface area (Å²) in [5.74, 6) is 0.0281.